The Hall–Kier alpha value is -1.88. The molecule has 0 amide bonds. The molecule has 0 unspecified atom stereocenters. The van der Waals surface area contributed by atoms with Crippen LogP contribution in [0.5, 0.6) is 0 Å². The van der Waals surface area contributed by atoms with Gasteiger partial charge in [0.2, 0.25) is 5.16 Å². The summed E-state index contributed by atoms with van der Waals surface area (Å²) in [5.74, 6) is 4.72. The van der Waals surface area contributed by atoms with Crippen molar-refractivity contribution >= 4 is 33.3 Å². The van der Waals surface area contributed by atoms with Crippen molar-refractivity contribution in [2.45, 2.75) is 30.2 Å². The summed E-state index contributed by atoms with van der Waals surface area (Å²) in [5.41, 5.74) is 0.946. The van der Waals surface area contributed by atoms with Crippen molar-refractivity contribution in [3.63, 3.8) is 0 Å². The minimum Gasteiger partial charge on any atom is -0.335 e. The molecule has 0 saturated heterocycles. The Morgan fingerprint density at radius 3 is 2.59 bits per heavy atom. The summed E-state index contributed by atoms with van der Waals surface area (Å²) in [4.78, 5) is 9.36. The molecule has 116 valence electrons. The molecule has 0 atom stereocenters. The van der Waals surface area contributed by atoms with Gasteiger partial charge >= 0.3 is 6.18 Å². The lowest BCUT2D eigenvalue weighted by molar-refractivity contribution is -0.146. The third kappa shape index (κ3) is 2.50. The SMILES string of the molecule is Cc1nc(Sc2nnc(C(F)(F)F)n2N)c2c(C)csc2n1. The fourth-order valence-electron chi connectivity index (χ4n) is 1.85. The number of rotatable bonds is 2. The third-order valence-electron chi connectivity index (χ3n) is 2.80. The Morgan fingerprint density at radius 2 is 1.95 bits per heavy atom. The van der Waals surface area contributed by atoms with Crippen molar-refractivity contribution in [3.05, 3.63) is 22.6 Å². The van der Waals surface area contributed by atoms with Gasteiger partial charge in [-0.05, 0) is 36.6 Å². The van der Waals surface area contributed by atoms with Crippen LogP contribution in [0.15, 0.2) is 15.6 Å². The van der Waals surface area contributed by atoms with E-state index >= 15 is 0 Å². The van der Waals surface area contributed by atoms with E-state index in [-0.39, 0.29) is 5.16 Å². The van der Waals surface area contributed by atoms with Crippen LogP contribution < -0.4 is 5.84 Å². The smallest absolute Gasteiger partial charge is 0.335 e. The number of hydrogen-bond acceptors (Lipinski definition) is 7. The molecule has 3 rings (SSSR count). The number of alkyl halides is 3. The second-order valence-corrected chi connectivity index (χ2v) is 6.26. The lowest BCUT2D eigenvalue weighted by Gasteiger charge is -2.07. The predicted octanol–water partition coefficient (Wildman–Crippen LogP) is 2.78. The van der Waals surface area contributed by atoms with Crippen LogP contribution in [0.4, 0.5) is 13.2 Å². The van der Waals surface area contributed by atoms with Crippen molar-refractivity contribution < 1.29 is 13.2 Å². The zero-order valence-electron chi connectivity index (χ0n) is 11.3. The van der Waals surface area contributed by atoms with Crippen molar-refractivity contribution in [3.8, 4) is 0 Å². The highest BCUT2D eigenvalue weighted by molar-refractivity contribution is 7.99. The van der Waals surface area contributed by atoms with Crippen molar-refractivity contribution in [1.82, 2.24) is 24.8 Å². The number of nitrogens with zero attached hydrogens (tertiary/aromatic N) is 5. The van der Waals surface area contributed by atoms with Gasteiger partial charge in [-0.25, -0.2) is 14.6 Å². The molecule has 2 N–H and O–H groups in total. The van der Waals surface area contributed by atoms with Gasteiger partial charge in [-0.1, -0.05) is 0 Å². The summed E-state index contributed by atoms with van der Waals surface area (Å²) in [6.45, 7) is 3.60. The lowest BCUT2D eigenvalue weighted by Crippen LogP contribution is -2.21. The summed E-state index contributed by atoms with van der Waals surface area (Å²) in [7, 11) is 0. The maximum absolute atomic E-state index is 12.7. The predicted molar refractivity (Wildman–Crippen MR) is 76.2 cm³/mol. The number of halogens is 3. The van der Waals surface area contributed by atoms with E-state index in [0.717, 1.165) is 27.5 Å². The number of hydrogen-bond donors (Lipinski definition) is 1. The first-order valence-corrected chi connectivity index (χ1v) is 7.65. The normalized spacial score (nSPS) is 12.2. The minimum atomic E-state index is -4.66. The van der Waals surface area contributed by atoms with Gasteiger partial charge in [-0.15, -0.1) is 21.5 Å². The number of aromatic nitrogens is 5. The Labute approximate surface area is 130 Å². The topological polar surface area (TPSA) is 82.5 Å². The number of nitrogen functional groups attached to an aromatic ring is 1. The van der Waals surface area contributed by atoms with E-state index in [1.807, 2.05) is 12.3 Å². The molecule has 3 aromatic rings. The standard InChI is InChI=1S/C11H9F3N6S2/c1-4-3-21-7-6(4)8(17-5(2)16-7)22-10-19-18-9(20(10)15)11(12,13)14/h3H,15H2,1-2H3. The molecular formula is C11H9F3N6S2. The molecule has 0 aromatic carbocycles. The molecule has 3 aromatic heterocycles. The molecule has 0 radical (unpaired) electrons. The minimum absolute atomic E-state index is 0.0858. The molecular weight excluding hydrogens is 337 g/mol. The first-order chi connectivity index (χ1) is 10.3. The quantitative estimate of drug-likeness (QED) is 0.567. The van der Waals surface area contributed by atoms with E-state index in [1.165, 1.54) is 11.3 Å². The highest BCUT2D eigenvalue weighted by Gasteiger charge is 2.38. The molecule has 3 heterocycles. The Balaban J connectivity index is 2.08. The summed E-state index contributed by atoms with van der Waals surface area (Å²) < 4.78 is 38.5. The van der Waals surface area contributed by atoms with E-state index in [2.05, 4.69) is 20.2 Å². The van der Waals surface area contributed by atoms with E-state index in [4.69, 9.17) is 5.84 Å². The van der Waals surface area contributed by atoms with E-state index in [1.54, 1.807) is 6.92 Å². The van der Waals surface area contributed by atoms with E-state index in [9.17, 15) is 13.2 Å². The second kappa shape index (κ2) is 5.09. The fourth-order valence-corrected chi connectivity index (χ4v) is 3.86. The monoisotopic (exact) mass is 346 g/mol. The molecule has 0 bridgehead atoms. The van der Waals surface area contributed by atoms with Gasteiger partial charge in [-0.2, -0.15) is 13.2 Å². The van der Waals surface area contributed by atoms with Crippen molar-refractivity contribution in [1.29, 1.82) is 0 Å². The number of thiophene rings is 1. The van der Waals surface area contributed by atoms with Crippen LogP contribution in [-0.4, -0.2) is 24.8 Å². The van der Waals surface area contributed by atoms with E-state index in [0.29, 0.717) is 15.5 Å². The highest BCUT2D eigenvalue weighted by Crippen LogP contribution is 2.36. The van der Waals surface area contributed by atoms with Gasteiger partial charge < -0.3 is 5.84 Å². The van der Waals surface area contributed by atoms with Gasteiger partial charge in [0.05, 0.1) is 0 Å². The maximum Gasteiger partial charge on any atom is 0.453 e. The summed E-state index contributed by atoms with van der Waals surface area (Å²) in [6.07, 6.45) is -4.66. The molecule has 6 nitrogen and oxygen atoms in total. The number of fused-ring (bicyclic) bond motifs is 1. The second-order valence-electron chi connectivity index (χ2n) is 4.45. The zero-order valence-corrected chi connectivity index (χ0v) is 13.0. The number of aryl methyl sites for hydroxylation is 2. The van der Waals surface area contributed by atoms with E-state index < -0.39 is 12.0 Å². The van der Waals surface area contributed by atoms with Crippen LogP contribution >= 0.6 is 23.1 Å². The highest BCUT2D eigenvalue weighted by atomic mass is 32.2. The fraction of sp³-hybridized carbons (Fsp3) is 0.273. The summed E-state index contributed by atoms with van der Waals surface area (Å²) >= 11 is 2.38. The Morgan fingerprint density at radius 1 is 1.23 bits per heavy atom. The van der Waals surface area contributed by atoms with Crippen LogP contribution in [0.1, 0.15) is 17.2 Å². The maximum atomic E-state index is 12.7. The van der Waals surface area contributed by atoms with Gasteiger partial charge in [-0.3, -0.25) is 0 Å². The summed E-state index contributed by atoms with van der Waals surface area (Å²) in [5, 5.41) is 9.72. The summed E-state index contributed by atoms with van der Waals surface area (Å²) in [6, 6.07) is 0. The molecule has 11 heteroatoms. The van der Waals surface area contributed by atoms with Gasteiger partial charge in [0.15, 0.2) is 0 Å². The Bertz CT molecular complexity index is 853. The van der Waals surface area contributed by atoms with Gasteiger partial charge in [0, 0.05) is 5.39 Å². The molecule has 0 aliphatic rings. The molecule has 0 aliphatic heterocycles. The van der Waals surface area contributed by atoms with Crippen LogP contribution in [0.3, 0.4) is 0 Å². The molecule has 0 spiro atoms. The largest absolute Gasteiger partial charge is 0.453 e. The molecule has 0 fully saturated rings. The first kappa shape index (κ1) is 15.0. The van der Waals surface area contributed by atoms with Crippen LogP contribution in [-0.2, 0) is 6.18 Å². The van der Waals surface area contributed by atoms with Crippen LogP contribution in [0, 0.1) is 13.8 Å². The van der Waals surface area contributed by atoms with Gasteiger partial charge in [0.25, 0.3) is 5.82 Å². The van der Waals surface area contributed by atoms with Crippen molar-refractivity contribution in [2.24, 2.45) is 0 Å². The lowest BCUT2D eigenvalue weighted by atomic mass is 10.3. The average molecular weight is 346 g/mol. The van der Waals surface area contributed by atoms with Gasteiger partial charge in [0.1, 0.15) is 15.7 Å². The average Bonchev–Trinajstić information content (AvgIpc) is 2.94. The first-order valence-electron chi connectivity index (χ1n) is 5.95. The number of nitrogens with two attached hydrogens (primary N) is 1. The van der Waals surface area contributed by atoms with Crippen LogP contribution in [0.25, 0.3) is 10.2 Å². The molecule has 0 saturated carbocycles. The van der Waals surface area contributed by atoms with Crippen molar-refractivity contribution in [2.75, 3.05) is 5.84 Å². The zero-order chi connectivity index (χ0) is 16.1. The van der Waals surface area contributed by atoms with Crippen LogP contribution in [0.2, 0.25) is 0 Å². The molecule has 0 aliphatic carbocycles. The molecule has 22 heavy (non-hydrogen) atoms. The Kier molecular flexibility index (Phi) is 3.48. The third-order valence-corrected chi connectivity index (χ3v) is 4.74.